The SMILES string of the molecule is NC(=O)c1ccc2c(c1)CSN2. The van der Waals surface area contributed by atoms with Gasteiger partial charge in [0.05, 0.1) is 0 Å². The second-order valence-electron chi connectivity index (χ2n) is 2.63. The molecule has 0 spiro atoms. The Morgan fingerprint density at radius 3 is 3.17 bits per heavy atom. The molecular formula is C8H8N2OS. The number of anilines is 1. The molecule has 1 aromatic carbocycles. The van der Waals surface area contributed by atoms with Gasteiger partial charge in [0, 0.05) is 17.0 Å². The van der Waals surface area contributed by atoms with Gasteiger partial charge in [-0.1, -0.05) is 0 Å². The quantitative estimate of drug-likeness (QED) is 0.641. The molecule has 1 amide bonds. The Morgan fingerprint density at radius 1 is 1.58 bits per heavy atom. The average molecular weight is 180 g/mol. The van der Waals surface area contributed by atoms with Crippen LogP contribution < -0.4 is 10.5 Å². The zero-order chi connectivity index (χ0) is 8.55. The molecular weight excluding hydrogens is 172 g/mol. The Hall–Kier alpha value is -1.16. The van der Waals surface area contributed by atoms with Crippen LogP contribution in [0.4, 0.5) is 5.69 Å². The first-order chi connectivity index (χ1) is 5.77. The van der Waals surface area contributed by atoms with Crippen molar-refractivity contribution in [2.45, 2.75) is 5.75 Å². The molecule has 0 radical (unpaired) electrons. The van der Waals surface area contributed by atoms with Crippen LogP contribution in [0.5, 0.6) is 0 Å². The lowest BCUT2D eigenvalue weighted by molar-refractivity contribution is 0.100. The van der Waals surface area contributed by atoms with Gasteiger partial charge in [-0.3, -0.25) is 4.79 Å². The van der Waals surface area contributed by atoms with Crippen molar-refractivity contribution in [3.63, 3.8) is 0 Å². The Kier molecular flexibility index (Phi) is 1.69. The molecule has 0 bridgehead atoms. The summed E-state index contributed by atoms with van der Waals surface area (Å²) >= 11 is 1.62. The van der Waals surface area contributed by atoms with Crippen LogP contribution in [-0.4, -0.2) is 5.91 Å². The lowest BCUT2D eigenvalue weighted by atomic mass is 10.1. The first kappa shape index (κ1) is 7.49. The highest BCUT2D eigenvalue weighted by molar-refractivity contribution is 8.00. The van der Waals surface area contributed by atoms with Crippen molar-refractivity contribution in [1.82, 2.24) is 0 Å². The van der Waals surface area contributed by atoms with Crippen LogP contribution in [0.1, 0.15) is 15.9 Å². The number of primary amides is 1. The number of hydrogen-bond donors (Lipinski definition) is 2. The van der Waals surface area contributed by atoms with Crippen molar-refractivity contribution in [2.75, 3.05) is 4.72 Å². The highest BCUT2D eigenvalue weighted by Crippen LogP contribution is 2.30. The summed E-state index contributed by atoms with van der Waals surface area (Å²) in [7, 11) is 0. The number of carbonyl (C=O) groups is 1. The van der Waals surface area contributed by atoms with Crippen LogP contribution in [0.15, 0.2) is 18.2 Å². The van der Waals surface area contributed by atoms with Gasteiger partial charge in [0.1, 0.15) is 0 Å². The third-order valence-electron chi connectivity index (χ3n) is 1.80. The van der Waals surface area contributed by atoms with E-state index >= 15 is 0 Å². The molecule has 0 saturated carbocycles. The van der Waals surface area contributed by atoms with Crippen LogP contribution >= 0.6 is 11.9 Å². The molecule has 0 fully saturated rings. The Labute approximate surface area is 74.5 Å². The largest absolute Gasteiger partial charge is 0.366 e. The predicted molar refractivity (Wildman–Crippen MR) is 49.9 cm³/mol. The molecule has 0 atom stereocenters. The van der Waals surface area contributed by atoms with Crippen LogP contribution in [-0.2, 0) is 5.75 Å². The molecule has 1 heterocycles. The summed E-state index contributed by atoms with van der Waals surface area (Å²) in [5.41, 5.74) is 7.96. The zero-order valence-electron chi connectivity index (χ0n) is 6.33. The summed E-state index contributed by atoms with van der Waals surface area (Å²) in [6.07, 6.45) is 0. The van der Waals surface area contributed by atoms with Crippen LogP contribution in [0.2, 0.25) is 0 Å². The van der Waals surface area contributed by atoms with Crippen molar-refractivity contribution in [2.24, 2.45) is 5.73 Å². The minimum atomic E-state index is -0.366. The van der Waals surface area contributed by atoms with E-state index in [0.717, 1.165) is 17.0 Å². The fourth-order valence-electron chi connectivity index (χ4n) is 1.16. The third-order valence-corrected chi connectivity index (χ3v) is 2.62. The fourth-order valence-corrected chi connectivity index (χ4v) is 1.98. The molecule has 1 aliphatic rings. The maximum Gasteiger partial charge on any atom is 0.248 e. The van der Waals surface area contributed by atoms with Crippen LogP contribution in [0, 0.1) is 0 Å². The minimum Gasteiger partial charge on any atom is -0.366 e. The lowest BCUT2D eigenvalue weighted by Crippen LogP contribution is -2.10. The first-order valence-corrected chi connectivity index (χ1v) is 4.56. The number of fused-ring (bicyclic) bond motifs is 1. The molecule has 0 aromatic heterocycles. The van der Waals surface area contributed by atoms with Crippen LogP contribution in [0.3, 0.4) is 0 Å². The third kappa shape index (κ3) is 1.14. The number of hydrogen-bond acceptors (Lipinski definition) is 3. The van der Waals surface area contributed by atoms with E-state index in [4.69, 9.17) is 5.73 Å². The molecule has 12 heavy (non-hydrogen) atoms. The molecule has 1 aliphatic heterocycles. The van der Waals surface area contributed by atoms with Gasteiger partial charge in [-0.2, -0.15) is 0 Å². The lowest BCUT2D eigenvalue weighted by Gasteiger charge is -1.99. The molecule has 62 valence electrons. The van der Waals surface area contributed by atoms with E-state index in [1.165, 1.54) is 0 Å². The van der Waals surface area contributed by atoms with Crippen molar-refractivity contribution in [3.8, 4) is 0 Å². The van der Waals surface area contributed by atoms with Gasteiger partial charge in [-0.15, -0.1) is 0 Å². The number of amides is 1. The van der Waals surface area contributed by atoms with E-state index in [1.54, 1.807) is 18.0 Å². The number of benzene rings is 1. The predicted octanol–water partition coefficient (Wildman–Crippen LogP) is 1.36. The standard InChI is InChI=1S/C8H8N2OS/c9-8(11)5-1-2-7-6(3-5)4-12-10-7/h1-3,10H,4H2,(H2,9,11). The van der Waals surface area contributed by atoms with Gasteiger partial charge < -0.3 is 10.5 Å². The van der Waals surface area contributed by atoms with E-state index in [1.807, 2.05) is 12.1 Å². The molecule has 4 heteroatoms. The van der Waals surface area contributed by atoms with Gasteiger partial charge in [-0.05, 0) is 35.7 Å². The summed E-state index contributed by atoms with van der Waals surface area (Å²) in [6, 6.07) is 5.46. The van der Waals surface area contributed by atoms with Gasteiger partial charge >= 0.3 is 0 Å². The Bertz CT molecular complexity index is 338. The normalized spacial score (nSPS) is 13.7. The highest BCUT2D eigenvalue weighted by atomic mass is 32.2. The van der Waals surface area contributed by atoms with Crippen molar-refractivity contribution >= 4 is 23.5 Å². The average Bonchev–Trinajstić information content (AvgIpc) is 2.49. The Balaban J connectivity index is 2.45. The smallest absolute Gasteiger partial charge is 0.248 e. The van der Waals surface area contributed by atoms with Crippen molar-refractivity contribution in [1.29, 1.82) is 0 Å². The second-order valence-corrected chi connectivity index (χ2v) is 3.41. The number of carbonyl (C=O) groups excluding carboxylic acids is 1. The van der Waals surface area contributed by atoms with Crippen LogP contribution in [0.25, 0.3) is 0 Å². The van der Waals surface area contributed by atoms with E-state index in [-0.39, 0.29) is 5.91 Å². The topological polar surface area (TPSA) is 55.1 Å². The summed E-state index contributed by atoms with van der Waals surface area (Å²) < 4.78 is 3.13. The van der Waals surface area contributed by atoms with E-state index in [0.29, 0.717) is 5.56 Å². The summed E-state index contributed by atoms with van der Waals surface area (Å²) in [5, 5.41) is 0. The minimum absolute atomic E-state index is 0.366. The molecule has 1 aromatic rings. The first-order valence-electron chi connectivity index (χ1n) is 3.58. The van der Waals surface area contributed by atoms with Gasteiger partial charge in [0.15, 0.2) is 0 Å². The molecule has 0 aliphatic carbocycles. The monoisotopic (exact) mass is 180 g/mol. The fraction of sp³-hybridized carbons (Fsp3) is 0.125. The summed E-state index contributed by atoms with van der Waals surface area (Å²) in [5.74, 6) is 0.533. The number of nitrogens with two attached hydrogens (primary N) is 1. The molecule has 0 saturated heterocycles. The van der Waals surface area contributed by atoms with E-state index in [9.17, 15) is 4.79 Å². The molecule has 2 rings (SSSR count). The zero-order valence-corrected chi connectivity index (χ0v) is 7.15. The molecule has 3 N–H and O–H groups in total. The number of rotatable bonds is 1. The van der Waals surface area contributed by atoms with Gasteiger partial charge in [0.25, 0.3) is 0 Å². The second kappa shape index (κ2) is 2.71. The summed E-state index contributed by atoms with van der Waals surface area (Å²) in [4.78, 5) is 10.8. The summed E-state index contributed by atoms with van der Waals surface area (Å²) in [6.45, 7) is 0. The highest BCUT2D eigenvalue weighted by Gasteiger charge is 2.11. The van der Waals surface area contributed by atoms with E-state index in [2.05, 4.69) is 4.72 Å². The Morgan fingerprint density at radius 2 is 2.42 bits per heavy atom. The maximum atomic E-state index is 10.8. The molecule has 3 nitrogen and oxygen atoms in total. The van der Waals surface area contributed by atoms with Gasteiger partial charge in [-0.25, -0.2) is 0 Å². The maximum absolute atomic E-state index is 10.8. The molecule has 0 unspecified atom stereocenters. The number of nitrogens with one attached hydrogen (secondary N) is 1. The van der Waals surface area contributed by atoms with Gasteiger partial charge in [0.2, 0.25) is 5.91 Å². The van der Waals surface area contributed by atoms with Crippen molar-refractivity contribution in [3.05, 3.63) is 29.3 Å². The van der Waals surface area contributed by atoms with Crippen molar-refractivity contribution < 1.29 is 4.79 Å². The van der Waals surface area contributed by atoms with E-state index < -0.39 is 0 Å².